The number of carboxylic acid groups (broad SMARTS) is 1. The predicted molar refractivity (Wildman–Crippen MR) is 107 cm³/mol. The van der Waals surface area contributed by atoms with Crippen LogP contribution in [-0.4, -0.2) is 17.0 Å². The third kappa shape index (κ3) is 3.38. The fraction of sp³-hybridized carbons (Fsp3) is 0.182. The Morgan fingerprint density at radius 3 is 2.52 bits per heavy atom. The van der Waals surface area contributed by atoms with Crippen molar-refractivity contribution >= 4 is 28.2 Å². The van der Waals surface area contributed by atoms with E-state index in [0.29, 0.717) is 10.6 Å². The lowest BCUT2D eigenvalue weighted by atomic mass is 9.78. The van der Waals surface area contributed by atoms with E-state index in [1.54, 1.807) is 24.3 Å². The number of thiophene rings is 1. The lowest BCUT2D eigenvalue weighted by molar-refractivity contribution is 0.0697. The van der Waals surface area contributed by atoms with Crippen molar-refractivity contribution < 1.29 is 14.7 Å². The molecule has 2 N–H and O–H groups in total. The minimum absolute atomic E-state index is 0.0553. The molecule has 1 aliphatic rings. The molecule has 0 saturated heterocycles. The Bertz CT molecular complexity index is 994. The van der Waals surface area contributed by atoms with Gasteiger partial charge in [0.15, 0.2) is 0 Å². The lowest BCUT2D eigenvalue weighted by Gasteiger charge is -2.25. The molecule has 1 unspecified atom stereocenters. The second-order valence-electron chi connectivity index (χ2n) is 6.66. The average Bonchev–Trinajstić information content (AvgIpc) is 3.11. The van der Waals surface area contributed by atoms with Crippen LogP contribution in [0.3, 0.4) is 0 Å². The Kier molecular flexibility index (Phi) is 4.77. The number of hydrogen-bond acceptors (Lipinski definition) is 3. The largest absolute Gasteiger partial charge is 0.478 e. The van der Waals surface area contributed by atoms with E-state index in [0.717, 1.165) is 24.8 Å². The van der Waals surface area contributed by atoms with Gasteiger partial charge in [-0.3, -0.25) is 4.79 Å². The third-order valence-electron chi connectivity index (χ3n) is 5.04. The first-order valence-corrected chi connectivity index (χ1v) is 9.82. The number of carbonyl (C=O) groups is 2. The molecule has 1 aromatic heterocycles. The third-order valence-corrected chi connectivity index (χ3v) is 5.95. The molecule has 0 bridgehead atoms. The maximum absolute atomic E-state index is 12.5. The van der Waals surface area contributed by atoms with Gasteiger partial charge in [-0.1, -0.05) is 42.5 Å². The fourth-order valence-corrected chi connectivity index (χ4v) is 4.78. The van der Waals surface area contributed by atoms with Crippen LogP contribution in [0.2, 0.25) is 0 Å². The summed E-state index contributed by atoms with van der Waals surface area (Å²) in [4.78, 5) is 24.5. The molecule has 0 fully saturated rings. The lowest BCUT2D eigenvalue weighted by Crippen LogP contribution is -2.16. The minimum Gasteiger partial charge on any atom is -0.478 e. The average molecular weight is 377 g/mol. The van der Waals surface area contributed by atoms with Crippen molar-refractivity contribution in [1.29, 1.82) is 0 Å². The first-order chi connectivity index (χ1) is 13.1. The molecule has 3 aromatic rings. The molecule has 1 amide bonds. The number of hydrogen-bond donors (Lipinski definition) is 2. The Balaban J connectivity index is 1.70. The summed E-state index contributed by atoms with van der Waals surface area (Å²) in [5.74, 6) is -1.24. The second-order valence-corrected chi connectivity index (χ2v) is 7.54. The molecule has 2 aromatic carbocycles. The zero-order valence-electron chi connectivity index (χ0n) is 14.6. The summed E-state index contributed by atoms with van der Waals surface area (Å²) in [6.07, 6.45) is 2.97. The topological polar surface area (TPSA) is 66.4 Å². The number of rotatable bonds is 4. The Morgan fingerprint density at radius 1 is 1.00 bits per heavy atom. The molecule has 0 saturated carbocycles. The quantitative estimate of drug-likeness (QED) is 0.659. The van der Waals surface area contributed by atoms with Gasteiger partial charge < -0.3 is 10.4 Å². The van der Waals surface area contributed by atoms with E-state index in [9.17, 15) is 14.7 Å². The molecular weight excluding hydrogens is 358 g/mol. The number of fused-ring (bicyclic) bond motifs is 1. The van der Waals surface area contributed by atoms with Gasteiger partial charge >= 0.3 is 5.97 Å². The number of benzene rings is 2. The van der Waals surface area contributed by atoms with Crippen molar-refractivity contribution in [2.75, 3.05) is 5.32 Å². The number of carboxylic acids is 1. The molecule has 0 radical (unpaired) electrons. The van der Waals surface area contributed by atoms with Crippen LogP contribution >= 0.6 is 11.3 Å². The van der Waals surface area contributed by atoms with Gasteiger partial charge in [0.05, 0.1) is 5.56 Å². The fourth-order valence-electron chi connectivity index (χ4n) is 3.78. The van der Waals surface area contributed by atoms with E-state index in [1.165, 1.54) is 22.5 Å². The van der Waals surface area contributed by atoms with Crippen LogP contribution in [0.4, 0.5) is 5.00 Å². The smallest absolute Gasteiger partial charge is 0.339 e. The maximum Gasteiger partial charge on any atom is 0.339 e. The van der Waals surface area contributed by atoms with E-state index in [-0.39, 0.29) is 17.4 Å². The number of carbonyl (C=O) groups excluding carboxylic acids is 1. The molecule has 1 heterocycles. The van der Waals surface area contributed by atoms with Crippen molar-refractivity contribution in [3.8, 4) is 0 Å². The van der Waals surface area contributed by atoms with Gasteiger partial charge in [0.2, 0.25) is 0 Å². The van der Waals surface area contributed by atoms with E-state index >= 15 is 0 Å². The summed E-state index contributed by atoms with van der Waals surface area (Å²) in [5, 5.41) is 14.9. The van der Waals surface area contributed by atoms with Crippen LogP contribution < -0.4 is 5.32 Å². The highest BCUT2D eigenvalue weighted by atomic mass is 32.1. The van der Waals surface area contributed by atoms with Gasteiger partial charge in [-0.25, -0.2) is 4.79 Å². The van der Waals surface area contributed by atoms with Crippen molar-refractivity contribution in [1.82, 2.24) is 0 Å². The second kappa shape index (κ2) is 7.37. The van der Waals surface area contributed by atoms with Crippen LogP contribution in [0.25, 0.3) is 0 Å². The number of anilines is 1. The predicted octanol–water partition coefficient (Wildman–Crippen LogP) is 5.17. The molecule has 4 rings (SSSR count). The maximum atomic E-state index is 12.5. The summed E-state index contributed by atoms with van der Waals surface area (Å²) >= 11 is 1.28. The number of amides is 1. The van der Waals surface area contributed by atoms with Crippen LogP contribution in [0.15, 0.2) is 60.0 Å². The normalized spacial score (nSPS) is 15.8. The molecule has 1 aliphatic carbocycles. The molecular formula is C22H19NO3S. The highest BCUT2D eigenvalue weighted by Crippen LogP contribution is 2.42. The van der Waals surface area contributed by atoms with Crippen LogP contribution in [0.5, 0.6) is 0 Å². The van der Waals surface area contributed by atoms with Crippen LogP contribution in [-0.2, 0) is 6.42 Å². The van der Waals surface area contributed by atoms with Gasteiger partial charge in [-0.05, 0) is 53.5 Å². The zero-order valence-corrected chi connectivity index (χ0v) is 15.5. The summed E-state index contributed by atoms with van der Waals surface area (Å²) in [5.41, 5.74) is 4.00. The monoisotopic (exact) mass is 377 g/mol. The highest BCUT2D eigenvalue weighted by molar-refractivity contribution is 7.15. The minimum atomic E-state index is -1.00. The van der Waals surface area contributed by atoms with E-state index in [2.05, 4.69) is 17.4 Å². The van der Waals surface area contributed by atoms with Crippen molar-refractivity contribution in [3.05, 3.63) is 87.8 Å². The van der Waals surface area contributed by atoms with Gasteiger partial charge in [-0.15, -0.1) is 11.3 Å². The summed E-state index contributed by atoms with van der Waals surface area (Å²) in [7, 11) is 0. The van der Waals surface area contributed by atoms with Crippen molar-refractivity contribution in [2.24, 2.45) is 0 Å². The Labute approximate surface area is 161 Å². The summed E-state index contributed by atoms with van der Waals surface area (Å²) in [6.45, 7) is 0. The number of aryl methyl sites for hydroxylation is 1. The van der Waals surface area contributed by atoms with Crippen molar-refractivity contribution in [2.45, 2.75) is 25.2 Å². The van der Waals surface area contributed by atoms with E-state index < -0.39 is 5.97 Å². The first-order valence-electron chi connectivity index (χ1n) is 8.94. The standard InChI is InChI=1S/C22H19NO3S/c24-20(15-8-2-1-3-9-15)23-21-19(22(25)26)18(13-27-21)17-12-6-10-14-7-4-5-11-16(14)17/h1-5,7-9,11,13,17H,6,10,12H2,(H,23,24)(H,25,26). The summed E-state index contributed by atoms with van der Waals surface area (Å²) in [6, 6.07) is 17.1. The van der Waals surface area contributed by atoms with E-state index in [4.69, 9.17) is 0 Å². The summed E-state index contributed by atoms with van der Waals surface area (Å²) < 4.78 is 0. The molecule has 136 valence electrons. The van der Waals surface area contributed by atoms with Gasteiger partial charge in [0.1, 0.15) is 5.00 Å². The van der Waals surface area contributed by atoms with Crippen molar-refractivity contribution in [3.63, 3.8) is 0 Å². The molecule has 0 spiro atoms. The Morgan fingerprint density at radius 2 is 1.74 bits per heavy atom. The van der Waals surface area contributed by atoms with E-state index in [1.807, 2.05) is 23.6 Å². The zero-order chi connectivity index (χ0) is 18.8. The molecule has 4 nitrogen and oxygen atoms in total. The van der Waals surface area contributed by atoms with Crippen LogP contribution in [0, 0.1) is 0 Å². The Hall–Kier alpha value is -2.92. The van der Waals surface area contributed by atoms with Gasteiger partial charge in [0.25, 0.3) is 5.91 Å². The van der Waals surface area contributed by atoms with Crippen LogP contribution in [0.1, 0.15) is 56.2 Å². The molecule has 1 atom stereocenters. The van der Waals surface area contributed by atoms with Gasteiger partial charge in [0, 0.05) is 11.5 Å². The highest BCUT2D eigenvalue weighted by Gasteiger charge is 2.29. The molecule has 5 heteroatoms. The SMILES string of the molecule is O=C(Nc1scc(C2CCCc3ccccc32)c1C(=O)O)c1ccccc1. The number of aromatic carboxylic acids is 1. The first kappa shape index (κ1) is 17.5. The molecule has 0 aliphatic heterocycles. The molecule has 27 heavy (non-hydrogen) atoms. The van der Waals surface area contributed by atoms with Gasteiger partial charge in [-0.2, -0.15) is 0 Å². The number of nitrogens with one attached hydrogen (secondary N) is 1.